The fraction of sp³-hybridized carbons (Fsp3) is 0.438. The average molecular weight is 396 g/mol. The topological polar surface area (TPSA) is 80.2 Å². The Labute approximate surface area is 148 Å². The van der Waals surface area contributed by atoms with E-state index >= 15 is 0 Å². The van der Waals surface area contributed by atoms with E-state index in [2.05, 4.69) is 26.5 Å². The van der Waals surface area contributed by atoms with Crippen LogP contribution in [0.4, 0.5) is 0 Å². The SMILES string of the molecule is O=C(N/N=C\c1cc2c(cc1Br)OCO2)C(=O)N1CCCCCC1. The van der Waals surface area contributed by atoms with E-state index in [1.54, 1.807) is 17.0 Å². The van der Waals surface area contributed by atoms with Crippen LogP contribution in [0.25, 0.3) is 0 Å². The van der Waals surface area contributed by atoms with E-state index in [-0.39, 0.29) is 6.79 Å². The normalized spacial score (nSPS) is 17.0. The highest BCUT2D eigenvalue weighted by Gasteiger charge is 2.22. The first-order valence-corrected chi connectivity index (χ1v) is 8.66. The van der Waals surface area contributed by atoms with E-state index in [0.717, 1.165) is 30.2 Å². The van der Waals surface area contributed by atoms with Crippen LogP contribution in [0.1, 0.15) is 31.2 Å². The van der Waals surface area contributed by atoms with Gasteiger partial charge in [-0.1, -0.05) is 12.8 Å². The lowest BCUT2D eigenvalue weighted by molar-refractivity contribution is -0.145. The molecule has 1 saturated heterocycles. The number of amides is 2. The van der Waals surface area contributed by atoms with E-state index in [1.165, 1.54) is 6.21 Å². The quantitative estimate of drug-likeness (QED) is 0.471. The molecule has 0 saturated carbocycles. The zero-order valence-electron chi connectivity index (χ0n) is 13.1. The third kappa shape index (κ3) is 3.87. The maximum absolute atomic E-state index is 12.1. The standard InChI is InChI=1S/C16H18BrN3O4/c17-12-8-14-13(23-10-24-14)7-11(12)9-18-19-15(21)16(22)20-5-3-1-2-4-6-20/h7-9H,1-6,10H2,(H,19,21)/b18-9-. The van der Waals surface area contributed by atoms with Crippen molar-refractivity contribution in [2.75, 3.05) is 19.9 Å². The zero-order valence-corrected chi connectivity index (χ0v) is 14.7. The number of ether oxygens (including phenoxy) is 2. The van der Waals surface area contributed by atoms with Crippen LogP contribution in [0.15, 0.2) is 21.7 Å². The number of halogens is 1. The van der Waals surface area contributed by atoms with Gasteiger partial charge < -0.3 is 14.4 Å². The van der Waals surface area contributed by atoms with E-state index in [9.17, 15) is 9.59 Å². The molecular formula is C16H18BrN3O4. The van der Waals surface area contributed by atoms with E-state index in [1.807, 2.05) is 0 Å². The Morgan fingerprint density at radius 1 is 1.12 bits per heavy atom. The second kappa shape index (κ2) is 7.65. The third-order valence-electron chi connectivity index (χ3n) is 3.95. The lowest BCUT2D eigenvalue weighted by Crippen LogP contribution is -2.41. The van der Waals surface area contributed by atoms with Crippen LogP contribution < -0.4 is 14.9 Å². The summed E-state index contributed by atoms with van der Waals surface area (Å²) in [6.07, 6.45) is 5.53. The molecule has 2 aliphatic rings. The fourth-order valence-electron chi connectivity index (χ4n) is 2.66. The van der Waals surface area contributed by atoms with Gasteiger partial charge in [-0.05, 0) is 40.9 Å². The first-order valence-electron chi connectivity index (χ1n) is 7.86. The molecule has 1 fully saturated rings. The highest BCUT2D eigenvalue weighted by Crippen LogP contribution is 2.36. The van der Waals surface area contributed by atoms with E-state index in [0.29, 0.717) is 30.2 Å². The molecule has 3 rings (SSSR count). The van der Waals surface area contributed by atoms with Gasteiger partial charge in [-0.25, -0.2) is 5.43 Å². The Balaban J connectivity index is 1.59. The van der Waals surface area contributed by atoms with Gasteiger partial charge in [0.15, 0.2) is 11.5 Å². The number of likely N-dealkylation sites (tertiary alicyclic amines) is 1. The summed E-state index contributed by atoms with van der Waals surface area (Å²) in [4.78, 5) is 25.6. The summed E-state index contributed by atoms with van der Waals surface area (Å²) < 4.78 is 11.3. The molecule has 128 valence electrons. The molecule has 0 unspecified atom stereocenters. The number of hydrogen-bond acceptors (Lipinski definition) is 5. The molecule has 0 radical (unpaired) electrons. The molecule has 8 heteroatoms. The first kappa shape index (κ1) is 16.8. The van der Waals surface area contributed by atoms with Crippen molar-refractivity contribution in [1.82, 2.24) is 10.3 Å². The number of benzene rings is 1. The fourth-order valence-corrected chi connectivity index (χ4v) is 3.08. The van der Waals surface area contributed by atoms with Gasteiger partial charge in [0.2, 0.25) is 6.79 Å². The summed E-state index contributed by atoms with van der Waals surface area (Å²) in [7, 11) is 0. The van der Waals surface area contributed by atoms with Gasteiger partial charge in [-0.2, -0.15) is 5.10 Å². The minimum absolute atomic E-state index is 0.184. The molecule has 1 aromatic rings. The molecule has 2 amide bonds. The first-order chi connectivity index (χ1) is 11.6. The molecule has 24 heavy (non-hydrogen) atoms. The van der Waals surface area contributed by atoms with Crippen LogP contribution >= 0.6 is 15.9 Å². The van der Waals surface area contributed by atoms with Gasteiger partial charge in [0.25, 0.3) is 0 Å². The van der Waals surface area contributed by atoms with Crippen LogP contribution in [0.2, 0.25) is 0 Å². The Bertz CT molecular complexity index is 670. The number of fused-ring (bicyclic) bond motifs is 1. The molecule has 2 aliphatic heterocycles. The molecule has 1 aromatic carbocycles. The Morgan fingerprint density at radius 3 is 2.50 bits per heavy atom. The molecular weight excluding hydrogens is 378 g/mol. The van der Waals surface area contributed by atoms with Crippen LogP contribution in [0.3, 0.4) is 0 Å². The van der Waals surface area contributed by atoms with Crippen molar-refractivity contribution < 1.29 is 19.1 Å². The van der Waals surface area contributed by atoms with Gasteiger partial charge >= 0.3 is 11.8 Å². The van der Waals surface area contributed by atoms with Crippen LogP contribution in [-0.4, -0.2) is 42.8 Å². The number of rotatable bonds is 2. The number of carbonyl (C=O) groups excluding carboxylic acids is 2. The van der Waals surface area contributed by atoms with Crippen LogP contribution in [-0.2, 0) is 9.59 Å². The van der Waals surface area contributed by atoms with Crippen molar-refractivity contribution in [2.24, 2.45) is 5.10 Å². The summed E-state index contributed by atoms with van der Waals surface area (Å²) in [5.41, 5.74) is 3.00. The van der Waals surface area contributed by atoms with Gasteiger partial charge in [-0.3, -0.25) is 9.59 Å². The summed E-state index contributed by atoms with van der Waals surface area (Å²) >= 11 is 3.40. The lowest BCUT2D eigenvalue weighted by atomic mass is 10.2. The second-order valence-electron chi connectivity index (χ2n) is 5.63. The van der Waals surface area contributed by atoms with Crippen molar-refractivity contribution >= 4 is 34.0 Å². The van der Waals surface area contributed by atoms with Crippen molar-refractivity contribution in [3.63, 3.8) is 0 Å². The van der Waals surface area contributed by atoms with Gasteiger partial charge in [0.05, 0.1) is 6.21 Å². The minimum atomic E-state index is -0.718. The maximum Gasteiger partial charge on any atom is 0.329 e. The molecule has 0 aromatic heterocycles. The predicted molar refractivity (Wildman–Crippen MR) is 91.0 cm³/mol. The largest absolute Gasteiger partial charge is 0.454 e. The van der Waals surface area contributed by atoms with Crippen LogP contribution in [0.5, 0.6) is 11.5 Å². The van der Waals surface area contributed by atoms with Crippen molar-refractivity contribution in [3.05, 3.63) is 22.2 Å². The predicted octanol–water partition coefficient (Wildman–Crippen LogP) is 2.03. The maximum atomic E-state index is 12.1. The summed E-state index contributed by atoms with van der Waals surface area (Å²) in [5.74, 6) is 0.0230. The van der Waals surface area contributed by atoms with E-state index < -0.39 is 11.8 Å². The summed E-state index contributed by atoms with van der Waals surface area (Å²) in [5, 5.41) is 3.87. The Kier molecular flexibility index (Phi) is 5.34. The highest BCUT2D eigenvalue weighted by atomic mass is 79.9. The molecule has 0 spiro atoms. The van der Waals surface area contributed by atoms with E-state index in [4.69, 9.17) is 9.47 Å². The number of nitrogens with zero attached hydrogens (tertiary/aromatic N) is 2. The molecule has 7 nitrogen and oxygen atoms in total. The number of hydrazone groups is 1. The average Bonchev–Trinajstić information content (AvgIpc) is 2.85. The molecule has 0 bridgehead atoms. The highest BCUT2D eigenvalue weighted by molar-refractivity contribution is 9.10. The minimum Gasteiger partial charge on any atom is -0.454 e. The van der Waals surface area contributed by atoms with Gasteiger partial charge in [0.1, 0.15) is 0 Å². The third-order valence-corrected chi connectivity index (χ3v) is 4.64. The summed E-state index contributed by atoms with van der Waals surface area (Å²) in [6.45, 7) is 1.44. The van der Waals surface area contributed by atoms with Crippen molar-refractivity contribution in [2.45, 2.75) is 25.7 Å². The monoisotopic (exact) mass is 395 g/mol. The number of nitrogens with one attached hydrogen (secondary N) is 1. The number of hydrogen-bond donors (Lipinski definition) is 1. The lowest BCUT2D eigenvalue weighted by Gasteiger charge is -2.18. The van der Waals surface area contributed by atoms with Crippen LogP contribution in [0, 0.1) is 0 Å². The summed E-state index contributed by atoms with van der Waals surface area (Å²) in [6, 6.07) is 3.52. The number of carbonyl (C=O) groups is 2. The Morgan fingerprint density at radius 2 is 1.79 bits per heavy atom. The van der Waals surface area contributed by atoms with Crippen molar-refractivity contribution in [1.29, 1.82) is 0 Å². The van der Waals surface area contributed by atoms with Crippen molar-refractivity contribution in [3.8, 4) is 11.5 Å². The Hall–Kier alpha value is -2.09. The molecule has 0 aliphatic carbocycles. The second-order valence-corrected chi connectivity index (χ2v) is 6.49. The van der Waals surface area contributed by atoms with Gasteiger partial charge in [-0.15, -0.1) is 0 Å². The van der Waals surface area contributed by atoms with Gasteiger partial charge in [0, 0.05) is 23.1 Å². The zero-order chi connectivity index (χ0) is 16.9. The molecule has 1 N–H and O–H groups in total. The molecule has 0 atom stereocenters. The molecule has 2 heterocycles. The smallest absolute Gasteiger partial charge is 0.329 e.